The Labute approximate surface area is 105 Å². The molecule has 88 valence electrons. The molecule has 1 fully saturated rings. The summed E-state index contributed by atoms with van der Waals surface area (Å²) < 4.78 is 0.817. The second-order valence-electron chi connectivity index (χ2n) is 4.63. The molecule has 3 nitrogen and oxygen atoms in total. The molecule has 0 saturated carbocycles. The molecule has 16 heavy (non-hydrogen) atoms. The Bertz CT molecular complexity index is 326. The Balaban J connectivity index is 1.91. The van der Waals surface area contributed by atoms with E-state index in [4.69, 9.17) is 0 Å². The minimum atomic E-state index is 0.778. The van der Waals surface area contributed by atoms with Crippen molar-refractivity contribution in [2.45, 2.75) is 25.7 Å². The molecule has 2 heterocycles. The van der Waals surface area contributed by atoms with Crippen LogP contribution in [0.4, 0.5) is 0 Å². The highest BCUT2D eigenvalue weighted by Crippen LogP contribution is 2.20. The van der Waals surface area contributed by atoms with Gasteiger partial charge in [-0.05, 0) is 67.7 Å². The van der Waals surface area contributed by atoms with E-state index in [1.54, 1.807) is 6.20 Å². The van der Waals surface area contributed by atoms with Gasteiger partial charge in [-0.15, -0.1) is 0 Å². The number of nitrogens with zero attached hydrogens (tertiary/aromatic N) is 3. The lowest BCUT2D eigenvalue weighted by molar-refractivity contribution is 0.341. The van der Waals surface area contributed by atoms with Crippen molar-refractivity contribution in [1.82, 2.24) is 14.9 Å². The highest BCUT2D eigenvalue weighted by molar-refractivity contribution is 9.10. The van der Waals surface area contributed by atoms with Crippen molar-refractivity contribution in [2.75, 3.05) is 20.1 Å². The summed E-state index contributed by atoms with van der Waals surface area (Å²) >= 11 is 3.31. The van der Waals surface area contributed by atoms with E-state index in [0.29, 0.717) is 0 Å². The summed E-state index contributed by atoms with van der Waals surface area (Å²) in [7, 11) is 2.21. The fraction of sp³-hybridized carbons (Fsp3) is 0.667. The first-order chi connectivity index (χ1) is 7.74. The normalized spacial score (nSPS) is 23.0. The van der Waals surface area contributed by atoms with Crippen LogP contribution < -0.4 is 0 Å². The largest absolute Gasteiger partial charge is 0.306 e. The van der Waals surface area contributed by atoms with Crippen molar-refractivity contribution in [2.24, 2.45) is 5.92 Å². The van der Waals surface area contributed by atoms with Crippen LogP contribution in [0.15, 0.2) is 17.0 Å². The molecule has 1 aliphatic rings. The van der Waals surface area contributed by atoms with E-state index in [0.717, 1.165) is 22.6 Å². The van der Waals surface area contributed by atoms with Crippen molar-refractivity contribution in [3.8, 4) is 0 Å². The van der Waals surface area contributed by atoms with Gasteiger partial charge in [-0.1, -0.05) is 0 Å². The van der Waals surface area contributed by atoms with Crippen LogP contribution in [-0.4, -0.2) is 35.0 Å². The van der Waals surface area contributed by atoms with Crippen LogP contribution in [0.25, 0.3) is 0 Å². The molecule has 1 aromatic rings. The third-order valence-corrected chi connectivity index (χ3v) is 3.65. The molecule has 2 rings (SSSR count). The van der Waals surface area contributed by atoms with Crippen LogP contribution in [0.3, 0.4) is 0 Å². The van der Waals surface area contributed by atoms with Crippen molar-refractivity contribution in [3.63, 3.8) is 0 Å². The maximum atomic E-state index is 4.40. The van der Waals surface area contributed by atoms with Crippen molar-refractivity contribution >= 4 is 15.9 Å². The standard InChI is InChI=1S/C12H18BrN3/c1-16-5-2-3-10(4-6-16)7-11-8-15-12(13)9-14-11/h8-10H,2-7H2,1H3. The van der Waals surface area contributed by atoms with Crippen LogP contribution in [0.5, 0.6) is 0 Å². The van der Waals surface area contributed by atoms with Crippen molar-refractivity contribution < 1.29 is 0 Å². The molecule has 4 heteroatoms. The molecule has 1 atom stereocenters. The van der Waals surface area contributed by atoms with E-state index in [9.17, 15) is 0 Å². The van der Waals surface area contributed by atoms with Gasteiger partial charge in [-0.2, -0.15) is 0 Å². The van der Waals surface area contributed by atoms with Crippen LogP contribution in [-0.2, 0) is 6.42 Å². The topological polar surface area (TPSA) is 29.0 Å². The predicted octanol–water partition coefficient (Wildman–Crippen LogP) is 2.51. The van der Waals surface area contributed by atoms with E-state index in [-0.39, 0.29) is 0 Å². The Morgan fingerprint density at radius 1 is 1.31 bits per heavy atom. The average Bonchev–Trinajstić information content (AvgIpc) is 2.47. The minimum Gasteiger partial charge on any atom is -0.306 e. The van der Waals surface area contributed by atoms with Crippen LogP contribution >= 0.6 is 15.9 Å². The quantitative estimate of drug-likeness (QED) is 0.835. The van der Waals surface area contributed by atoms with Gasteiger partial charge in [0.25, 0.3) is 0 Å². The first-order valence-electron chi connectivity index (χ1n) is 5.89. The predicted molar refractivity (Wildman–Crippen MR) is 68.3 cm³/mol. The average molecular weight is 284 g/mol. The van der Waals surface area contributed by atoms with Gasteiger partial charge in [-0.3, -0.25) is 4.98 Å². The van der Waals surface area contributed by atoms with Gasteiger partial charge < -0.3 is 4.90 Å². The minimum absolute atomic E-state index is 0.778. The van der Waals surface area contributed by atoms with Crippen molar-refractivity contribution in [3.05, 3.63) is 22.7 Å². The van der Waals surface area contributed by atoms with Gasteiger partial charge in [0.05, 0.1) is 11.9 Å². The first-order valence-corrected chi connectivity index (χ1v) is 6.68. The molecular formula is C12H18BrN3. The fourth-order valence-corrected chi connectivity index (χ4v) is 2.46. The van der Waals surface area contributed by atoms with E-state index >= 15 is 0 Å². The maximum Gasteiger partial charge on any atom is 0.124 e. The van der Waals surface area contributed by atoms with Gasteiger partial charge in [0.15, 0.2) is 0 Å². The van der Waals surface area contributed by atoms with Gasteiger partial charge in [0.2, 0.25) is 0 Å². The lowest BCUT2D eigenvalue weighted by atomic mass is 9.95. The molecule has 0 amide bonds. The molecule has 0 spiro atoms. The van der Waals surface area contributed by atoms with Gasteiger partial charge >= 0.3 is 0 Å². The molecule has 0 aliphatic carbocycles. The van der Waals surface area contributed by atoms with Gasteiger partial charge in [-0.25, -0.2) is 4.98 Å². The molecular weight excluding hydrogens is 266 g/mol. The summed E-state index contributed by atoms with van der Waals surface area (Å²) in [5.74, 6) is 0.778. The SMILES string of the molecule is CN1CCCC(Cc2cnc(Br)cn2)CC1. The Kier molecular flexibility index (Phi) is 4.29. The number of rotatable bonds is 2. The molecule has 1 aliphatic heterocycles. The van der Waals surface area contributed by atoms with Gasteiger partial charge in [0, 0.05) is 6.20 Å². The lowest BCUT2D eigenvalue weighted by Gasteiger charge is -2.14. The highest BCUT2D eigenvalue weighted by atomic mass is 79.9. The van der Waals surface area contributed by atoms with E-state index < -0.39 is 0 Å². The van der Waals surface area contributed by atoms with Crippen LogP contribution in [0.2, 0.25) is 0 Å². The summed E-state index contributed by atoms with van der Waals surface area (Å²) in [5, 5.41) is 0. The van der Waals surface area contributed by atoms with E-state index in [2.05, 4.69) is 37.8 Å². The second kappa shape index (κ2) is 5.73. The summed E-state index contributed by atoms with van der Waals surface area (Å²) in [5.41, 5.74) is 1.12. The van der Waals surface area contributed by atoms with Gasteiger partial charge in [0.1, 0.15) is 4.60 Å². The molecule has 0 N–H and O–H groups in total. The van der Waals surface area contributed by atoms with Crippen LogP contribution in [0.1, 0.15) is 25.0 Å². The molecule has 1 saturated heterocycles. The van der Waals surface area contributed by atoms with E-state index in [1.165, 1.54) is 32.4 Å². The number of aromatic nitrogens is 2. The molecule has 0 radical (unpaired) electrons. The Morgan fingerprint density at radius 2 is 2.19 bits per heavy atom. The van der Waals surface area contributed by atoms with E-state index in [1.807, 2.05) is 6.20 Å². The highest BCUT2D eigenvalue weighted by Gasteiger charge is 2.15. The zero-order valence-electron chi connectivity index (χ0n) is 9.69. The lowest BCUT2D eigenvalue weighted by Crippen LogP contribution is -2.19. The molecule has 0 aromatic carbocycles. The monoisotopic (exact) mass is 283 g/mol. The number of hydrogen-bond acceptors (Lipinski definition) is 3. The molecule has 0 bridgehead atoms. The van der Waals surface area contributed by atoms with Crippen LogP contribution in [0, 0.1) is 5.92 Å². The fourth-order valence-electron chi connectivity index (χ4n) is 2.25. The second-order valence-corrected chi connectivity index (χ2v) is 5.45. The Hall–Kier alpha value is -0.480. The summed E-state index contributed by atoms with van der Waals surface area (Å²) in [6.45, 7) is 2.46. The maximum absolute atomic E-state index is 4.40. The van der Waals surface area contributed by atoms with Crippen molar-refractivity contribution in [1.29, 1.82) is 0 Å². The number of halogens is 1. The summed E-state index contributed by atoms with van der Waals surface area (Å²) in [6.07, 6.45) is 8.67. The zero-order valence-corrected chi connectivity index (χ0v) is 11.3. The first kappa shape index (κ1) is 12.0. The molecule has 1 aromatic heterocycles. The summed E-state index contributed by atoms with van der Waals surface area (Å²) in [4.78, 5) is 11.0. The smallest absolute Gasteiger partial charge is 0.124 e. The number of likely N-dealkylation sites (tertiary alicyclic amines) is 1. The number of hydrogen-bond donors (Lipinski definition) is 0. The Morgan fingerprint density at radius 3 is 2.94 bits per heavy atom. The zero-order chi connectivity index (χ0) is 11.4. The third-order valence-electron chi connectivity index (χ3n) is 3.24. The summed E-state index contributed by atoms with van der Waals surface area (Å²) in [6, 6.07) is 0. The molecule has 1 unspecified atom stereocenters. The third kappa shape index (κ3) is 3.52.